The third kappa shape index (κ3) is 3.74. The zero-order chi connectivity index (χ0) is 15.2. The van der Waals surface area contributed by atoms with Crippen molar-refractivity contribution in [2.45, 2.75) is 19.3 Å². The maximum atomic E-state index is 5.17. The molecule has 2 aromatic rings. The number of anilines is 1. The molecule has 4 nitrogen and oxygen atoms in total. The molecule has 0 unspecified atom stereocenters. The number of nitrogens with one attached hydrogen (secondary N) is 1. The van der Waals surface area contributed by atoms with Crippen LogP contribution in [0.2, 0.25) is 0 Å². The molecule has 0 amide bonds. The van der Waals surface area contributed by atoms with Gasteiger partial charge in [0.15, 0.2) is 0 Å². The molecule has 3 rings (SSSR count). The maximum Gasteiger partial charge on any atom is 0.203 e. The molecule has 22 heavy (non-hydrogen) atoms. The van der Waals surface area contributed by atoms with Gasteiger partial charge in [0.2, 0.25) is 5.13 Å². The van der Waals surface area contributed by atoms with Gasteiger partial charge in [0.1, 0.15) is 5.75 Å². The van der Waals surface area contributed by atoms with E-state index in [2.05, 4.69) is 27.7 Å². The van der Waals surface area contributed by atoms with Gasteiger partial charge in [-0.25, -0.2) is 4.98 Å². The van der Waals surface area contributed by atoms with Crippen molar-refractivity contribution < 1.29 is 4.74 Å². The van der Waals surface area contributed by atoms with Crippen LogP contribution in [0.1, 0.15) is 19.3 Å². The number of nitrogens with zero attached hydrogens (tertiary/aromatic N) is 2. The van der Waals surface area contributed by atoms with Gasteiger partial charge in [0, 0.05) is 17.2 Å². The number of hydrogen-bond donors (Lipinski definition) is 1. The van der Waals surface area contributed by atoms with Crippen LogP contribution in [0.15, 0.2) is 46.9 Å². The lowest BCUT2D eigenvalue weighted by Crippen LogP contribution is -2.04. The van der Waals surface area contributed by atoms with Crippen molar-refractivity contribution >= 4 is 22.7 Å². The Balaban J connectivity index is 1.60. The minimum atomic E-state index is 0.540. The highest BCUT2D eigenvalue weighted by Crippen LogP contribution is 2.26. The number of aromatic nitrogens is 1. The summed E-state index contributed by atoms with van der Waals surface area (Å²) in [4.78, 5) is 4.56. The van der Waals surface area contributed by atoms with E-state index in [0.29, 0.717) is 5.92 Å². The lowest BCUT2D eigenvalue weighted by atomic mass is 9.96. The van der Waals surface area contributed by atoms with E-state index in [0.717, 1.165) is 35.0 Å². The molecule has 0 bridgehead atoms. The summed E-state index contributed by atoms with van der Waals surface area (Å²) in [5, 5.41) is 7.16. The Labute approximate surface area is 134 Å². The summed E-state index contributed by atoms with van der Waals surface area (Å²) in [5.74, 6) is 1.39. The average Bonchev–Trinajstić information content (AvgIpc) is 3.05. The fourth-order valence-electron chi connectivity index (χ4n) is 2.37. The fraction of sp³-hybridized carbons (Fsp3) is 0.294. The van der Waals surface area contributed by atoms with E-state index < -0.39 is 0 Å². The molecule has 0 saturated carbocycles. The van der Waals surface area contributed by atoms with Crippen molar-refractivity contribution in [2.24, 2.45) is 11.0 Å². The number of benzene rings is 1. The third-order valence-corrected chi connectivity index (χ3v) is 4.39. The summed E-state index contributed by atoms with van der Waals surface area (Å²) in [6.45, 7) is 0. The van der Waals surface area contributed by atoms with Gasteiger partial charge in [0.25, 0.3) is 0 Å². The Kier molecular flexibility index (Phi) is 4.85. The minimum Gasteiger partial charge on any atom is -0.497 e. The Hall–Kier alpha value is -2.14. The number of hydrogen-bond acceptors (Lipinski definition) is 5. The zero-order valence-corrected chi connectivity index (χ0v) is 13.3. The van der Waals surface area contributed by atoms with Crippen LogP contribution in [0.5, 0.6) is 5.75 Å². The summed E-state index contributed by atoms with van der Waals surface area (Å²) in [5.41, 5.74) is 5.06. The quantitative estimate of drug-likeness (QED) is 0.499. The number of ether oxygens (including phenoxy) is 1. The second-order valence-electron chi connectivity index (χ2n) is 5.20. The van der Waals surface area contributed by atoms with Crippen molar-refractivity contribution in [3.05, 3.63) is 41.8 Å². The molecule has 0 aliphatic heterocycles. The first-order chi connectivity index (χ1) is 10.8. The van der Waals surface area contributed by atoms with Gasteiger partial charge in [0.05, 0.1) is 12.8 Å². The van der Waals surface area contributed by atoms with Crippen LogP contribution >= 0.6 is 11.3 Å². The summed E-state index contributed by atoms with van der Waals surface area (Å²) < 4.78 is 5.17. The van der Waals surface area contributed by atoms with Gasteiger partial charge in [-0.3, -0.25) is 5.43 Å². The van der Waals surface area contributed by atoms with E-state index in [4.69, 9.17) is 4.74 Å². The van der Waals surface area contributed by atoms with E-state index >= 15 is 0 Å². The first-order valence-electron chi connectivity index (χ1n) is 7.39. The number of allylic oxidation sites excluding steroid dienone is 2. The molecule has 0 radical (unpaired) electrons. The highest BCUT2D eigenvalue weighted by Gasteiger charge is 2.07. The topological polar surface area (TPSA) is 46.5 Å². The van der Waals surface area contributed by atoms with Gasteiger partial charge < -0.3 is 4.74 Å². The van der Waals surface area contributed by atoms with Crippen molar-refractivity contribution in [3.63, 3.8) is 0 Å². The van der Waals surface area contributed by atoms with Crippen LogP contribution in [0.3, 0.4) is 0 Å². The van der Waals surface area contributed by atoms with E-state index in [-0.39, 0.29) is 0 Å². The highest BCUT2D eigenvalue weighted by molar-refractivity contribution is 7.14. The number of thiazole rings is 1. The summed E-state index contributed by atoms with van der Waals surface area (Å²) >= 11 is 1.56. The zero-order valence-electron chi connectivity index (χ0n) is 12.5. The molecule has 1 atom stereocenters. The van der Waals surface area contributed by atoms with E-state index in [1.54, 1.807) is 18.4 Å². The molecule has 0 saturated heterocycles. The summed E-state index contributed by atoms with van der Waals surface area (Å²) in [6, 6.07) is 7.90. The van der Waals surface area contributed by atoms with Crippen LogP contribution in [0, 0.1) is 5.92 Å². The SMILES string of the molecule is COc1ccc(-c2csc(N/N=C\[C@H]3CC=CCC3)n2)cc1. The first kappa shape index (κ1) is 14.8. The number of rotatable bonds is 5. The van der Waals surface area contributed by atoms with Crippen molar-refractivity contribution in [1.82, 2.24) is 4.98 Å². The first-order valence-corrected chi connectivity index (χ1v) is 8.27. The van der Waals surface area contributed by atoms with Crippen LogP contribution < -0.4 is 10.2 Å². The average molecular weight is 313 g/mol. The molecule has 1 aromatic heterocycles. The molecule has 1 aromatic carbocycles. The van der Waals surface area contributed by atoms with Gasteiger partial charge in [-0.1, -0.05) is 12.2 Å². The van der Waals surface area contributed by atoms with Crippen LogP contribution in [0.25, 0.3) is 11.3 Å². The molecule has 0 fully saturated rings. The fourth-order valence-corrected chi connectivity index (χ4v) is 3.04. The smallest absolute Gasteiger partial charge is 0.203 e. The Morgan fingerprint density at radius 3 is 2.91 bits per heavy atom. The second kappa shape index (κ2) is 7.22. The molecular weight excluding hydrogens is 294 g/mol. The third-order valence-electron chi connectivity index (χ3n) is 3.65. The van der Waals surface area contributed by atoms with Gasteiger partial charge in [-0.2, -0.15) is 5.10 Å². The monoisotopic (exact) mass is 313 g/mol. The lowest BCUT2D eigenvalue weighted by Gasteiger charge is -2.11. The number of methoxy groups -OCH3 is 1. The van der Waals surface area contributed by atoms with Gasteiger partial charge >= 0.3 is 0 Å². The highest BCUT2D eigenvalue weighted by atomic mass is 32.1. The van der Waals surface area contributed by atoms with Gasteiger partial charge in [-0.05, 0) is 49.4 Å². The van der Waals surface area contributed by atoms with E-state index in [1.807, 2.05) is 35.9 Å². The van der Waals surface area contributed by atoms with E-state index in [9.17, 15) is 0 Å². The molecule has 1 aliphatic rings. The predicted octanol–water partition coefficient (Wildman–Crippen LogP) is 4.57. The van der Waals surface area contributed by atoms with Crippen molar-refractivity contribution in [3.8, 4) is 17.0 Å². The maximum absolute atomic E-state index is 5.17. The minimum absolute atomic E-state index is 0.540. The molecular formula is C17H19N3OS. The lowest BCUT2D eigenvalue weighted by molar-refractivity contribution is 0.415. The number of hydrazone groups is 1. The Bertz CT molecular complexity index is 661. The molecule has 1 heterocycles. The molecule has 5 heteroatoms. The Morgan fingerprint density at radius 1 is 1.32 bits per heavy atom. The van der Waals surface area contributed by atoms with Crippen LogP contribution in [0.4, 0.5) is 5.13 Å². The van der Waals surface area contributed by atoms with Crippen molar-refractivity contribution in [1.29, 1.82) is 0 Å². The van der Waals surface area contributed by atoms with Crippen LogP contribution in [-0.4, -0.2) is 18.3 Å². The normalized spacial score (nSPS) is 17.8. The summed E-state index contributed by atoms with van der Waals surface area (Å²) in [6.07, 6.45) is 9.87. The van der Waals surface area contributed by atoms with Gasteiger partial charge in [-0.15, -0.1) is 11.3 Å². The largest absolute Gasteiger partial charge is 0.497 e. The van der Waals surface area contributed by atoms with E-state index in [1.165, 1.54) is 6.42 Å². The van der Waals surface area contributed by atoms with Crippen molar-refractivity contribution in [2.75, 3.05) is 12.5 Å². The second-order valence-corrected chi connectivity index (χ2v) is 6.06. The summed E-state index contributed by atoms with van der Waals surface area (Å²) in [7, 11) is 1.67. The van der Waals surface area contributed by atoms with Crippen LogP contribution in [-0.2, 0) is 0 Å². The molecule has 1 aliphatic carbocycles. The Morgan fingerprint density at radius 2 is 2.18 bits per heavy atom. The molecule has 1 N–H and O–H groups in total. The standard InChI is InChI=1S/C17H19N3OS/c1-21-15-9-7-14(8-10-15)16-12-22-17(19-16)20-18-11-13-5-3-2-4-6-13/h2-3,7-13H,4-6H2,1H3,(H,19,20)/b18-11-/t13-/m0/s1. The molecule has 114 valence electrons. The molecule has 0 spiro atoms. The predicted molar refractivity (Wildman–Crippen MR) is 92.7 cm³/mol.